The molecule has 15 heteroatoms. The Morgan fingerprint density at radius 1 is 1.09 bits per heavy atom. The number of rotatable bonds is 5. The van der Waals surface area contributed by atoms with Gasteiger partial charge in [-0.1, -0.05) is 6.07 Å². The topological polar surface area (TPSA) is 163 Å². The molecule has 0 aliphatic heterocycles. The summed E-state index contributed by atoms with van der Waals surface area (Å²) in [4.78, 5) is 22.1. The Morgan fingerprint density at radius 2 is 1.80 bits per heavy atom. The maximum Gasteiger partial charge on any atom is 0.490 e. The molecule has 0 aliphatic rings. The van der Waals surface area contributed by atoms with Crippen molar-refractivity contribution in [2.24, 2.45) is 0 Å². The molecule has 4 rings (SSSR count). The minimum absolute atomic E-state index is 0.220. The summed E-state index contributed by atoms with van der Waals surface area (Å²) in [5.41, 5.74) is 2.16. The van der Waals surface area contributed by atoms with E-state index < -0.39 is 22.0 Å². The van der Waals surface area contributed by atoms with Crippen LogP contribution in [0.1, 0.15) is 5.69 Å². The predicted octanol–water partition coefficient (Wildman–Crippen LogP) is 3.58. The van der Waals surface area contributed by atoms with Gasteiger partial charge in [0, 0.05) is 23.8 Å². The Morgan fingerprint density at radius 3 is 2.46 bits per heavy atom. The lowest BCUT2D eigenvalue weighted by Gasteiger charge is -2.08. The van der Waals surface area contributed by atoms with Crippen molar-refractivity contribution in [2.45, 2.75) is 18.0 Å². The molecule has 3 aromatic heterocycles. The van der Waals surface area contributed by atoms with Crippen LogP contribution in [0.15, 0.2) is 53.6 Å². The lowest BCUT2D eigenvalue weighted by atomic mass is 10.3. The number of sulfone groups is 1. The number of benzene rings is 1. The number of H-pyrrole nitrogens is 1. The Bertz CT molecular complexity index is 1470. The van der Waals surface area contributed by atoms with Crippen LogP contribution in [-0.2, 0) is 14.6 Å². The van der Waals surface area contributed by atoms with E-state index in [0.717, 1.165) is 17.3 Å². The number of anilines is 4. The number of carboxylic acid groups (broad SMARTS) is 1. The fourth-order valence-electron chi connectivity index (χ4n) is 2.64. The zero-order valence-electron chi connectivity index (χ0n) is 18.1. The van der Waals surface area contributed by atoms with Crippen molar-refractivity contribution in [1.82, 2.24) is 25.1 Å². The van der Waals surface area contributed by atoms with Gasteiger partial charge >= 0.3 is 12.1 Å². The number of carbonyl (C=O) groups is 1. The number of hydrogen-bond donors (Lipinski definition) is 4. The molecule has 35 heavy (non-hydrogen) atoms. The summed E-state index contributed by atoms with van der Waals surface area (Å²) in [5, 5.41) is 21.2. The van der Waals surface area contributed by atoms with Crippen molar-refractivity contribution in [3.8, 4) is 0 Å². The number of halogens is 3. The third-order valence-corrected chi connectivity index (χ3v) is 5.34. The number of aromatic nitrogens is 5. The van der Waals surface area contributed by atoms with E-state index in [-0.39, 0.29) is 4.90 Å². The van der Waals surface area contributed by atoms with Crippen LogP contribution < -0.4 is 10.6 Å². The second-order valence-electron chi connectivity index (χ2n) is 7.04. The molecule has 0 spiro atoms. The monoisotopic (exact) mass is 509 g/mol. The summed E-state index contributed by atoms with van der Waals surface area (Å²) in [6.45, 7) is 1.91. The molecule has 0 bridgehead atoms. The maximum absolute atomic E-state index is 11.7. The average molecular weight is 509 g/mol. The standard InChI is InChI=1S/C18H17N7O2S.C2HF3O2/c1-11-6-7-14-16(20-11)24-25-17(14)22-15-8-9-19-18(23-15)21-12-4-3-5-13(10-12)28(2,26)27;3-2(4,5)1(6)7/h3-10H,1-2H3,(H3,19,20,21,22,23,24,25);(H,6,7). The van der Waals surface area contributed by atoms with Crippen molar-refractivity contribution in [1.29, 1.82) is 0 Å². The third kappa shape index (κ3) is 6.86. The number of nitrogens with zero attached hydrogens (tertiary/aromatic N) is 4. The van der Waals surface area contributed by atoms with E-state index in [1.54, 1.807) is 24.4 Å². The van der Waals surface area contributed by atoms with E-state index in [0.29, 0.717) is 28.9 Å². The number of aryl methyl sites for hydroxylation is 1. The van der Waals surface area contributed by atoms with Gasteiger partial charge in [0.25, 0.3) is 0 Å². The summed E-state index contributed by atoms with van der Waals surface area (Å²) in [6.07, 6.45) is -2.33. The zero-order valence-corrected chi connectivity index (χ0v) is 18.9. The quantitative estimate of drug-likeness (QED) is 0.313. The second-order valence-corrected chi connectivity index (χ2v) is 9.06. The Balaban J connectivity index is 0.000000429. The highest BCUT2D eigenvalue weighted by Gasteiger charge is 2.38. The molecule has 0 amide bonds. The summed E-state index contributed by atoms with van der Waals surface area (Å²) in [6, 6.07) is 12.0. The predicted molar refractivity (Wildman–Crippen MR) is 120 cm³/mol. The minimum atomic E-state index is -5.08. The number of pyridine rings is 1. The number of aromatic amines is 1. The fraction of sp³-hybridized carbons (Fsp3) is 0.150. The highest BCUT2D eigenvalue weighted by molar-refractivity contribution is 7.90. The number of aliphatic carboxylic acids is 1. The first kappa shape index (κ1) is 25.4. The molecule has 4 N–H and O–H groups in total. The third-order valence-electron chi connectivity index (χ3n) is 4.23. The Kier molecular flexibility index (Phi) is 7.19. The van der Waals surface area contributed by atoms with Gasteiger partial charge in [-0.2, -0.15) is 23.3 Å². The number of nitrogens with one attached hydrogen (secondary N) is 3. The van der Waals surface area contributed by atoms with Crippen molar-refractivity contribution in [2.75, 3.05) is 16.9 Å². The molecular weight excluding hydrogens is 491 g/mol. The molecule has 0 saturated heterocycles. The summed E-state index contributed by atoms with van der Waals surface area (Å²) in [7, 11) is -3.29. The van der Waals surface area contributed by atoms with Crippen LogP contribution in [0.5, 0.6) is 0 Å². The molecule has 3 heterocycles. The van der Waals surface area contributed by atoms with Crippen LogP contribution in [0.3, 0.4) is 0 Å². The van der Waals surface area contributed by atoms with E-state index in [4.69, 9.17) is 9.90 Å². The largest absolute Gasteiger partial charge is 0.490 e. The number of hydrogen-bond acceptors (Lipinski definition) is 9. The van der Waals surface area contributed by atoms with Gasteiger partial charge in [-0.25, -0.2) is 23.2 Å². The zero-order chi connectivity index (χ0) is 25.8. The van der Waals surface area contributed by atoms with Crippen LogP contribution >= 0.6 is 0 Å². The lowest BCUT2D eigenvalue weighted by Crippen LogP contribution is -2.21. The first-order valence-electron chi connectivity index (χ1n) is 9.62. The smallest absolute Gasteiger partial charge is 0.475 e. The molecule has 184 valence electrons. The van der Waals surface area contributed by atoms with Crippen molar-refractivity contribution < 1.29 is 31.5 Å². The molecule has 1 aromatic carbocycles. The number of fused-ring (bicyclic) bond motifs is 1. The van der Waals surface area contributed by atoms with Crippen LogP contribution in [0.2, 0.25) is 0 Å². The second kappa shape index (κ2) is 9.92. The van der Waals surface area contributed by atoms with Gasteiger partial charge < -0.3 is 15.7 Å². The number of alkyl halides is 3. The highest BCUT2D eigenvalue weighted by atomic mass is 32.2. The lowest BCUT2D eigenvalue weighted by molar-refractivity contribution is -0.192. The maximum atomic E-state index is 11.7. The van der Waals surface area contributed by atoms with Gasteiger partial charge in [-0.05, 0) is 43.3 Å². The summed E-state index contributed by atoms with van der Waals surface area (Å²) >= 11 is 0. The van der Waals surface area contributed by atoms with Gasteiger partial charge in [0.05, 0.1) is 10.3 Å². The molecule has 0 saturated carbocycles. The van der Waals surface area contributed by atoms with E-state index in [1.165, 1.54) is 12.1 Å². The fourth-order valence-corrected chi connectivity index (χ4v) is 3.31. The van der Waals surface area contributed by atoms with Crippen LogP contribution in [0.25, 0.3) is 11.0 Å². The van der Waals surface area contributed by atoms with Gasteiger partial charge in [-0.3, -0.25) is 5.10 Å². The van der Waals surface area contributed by atoms with Gasteiger partial charge in [0.1, 0.15) is 5.82 Å². The molecule has 11 nitrogen and oxygen atoms in total. The Labute approximate surface area is 196 Å². The van der Waals surface area contributed by atoms with Gasteiger partial charge in [-0.15, -0.1) is 0 Å². The van der Waals surface area contributed by atoms with E-state index in [2.05, 4.69) is 35.8 Å². The molecule has 0 atom stereocenters. The molecule has 4 aromatic rings. The highest BCUT2D eigenvalue weighted by Crippen LogP contribution is 2.23. The normalized spacial score (nSPS) is 11.5. The van der Waals surface area contributed by atoms with Crippen LogP contribution in [0, 0.1) is 6.92 Å². The molecule has 0 radical (unpaired) electrons. The average Bonchev–Trinajstić information content (AvgIpc) is 3.15. The minimum Gasteiger partial charge on any atom is -0.475 e. The molecule has 0 unspecified atom stereocenters. The van der Waals surface area contributed by atoms with Crippen molar-refractivity contribution in [3.63, 3.8) is 0 Å². The van der Waals surface area contributed by atoms with Gasteiger partial charge in [0.2, 0.25) is 5.95 Å². The number of carboxylic acids is 1. The van der Waals surface area contributed by atoms with Gasteiger partial charge in [0.15, 0.2) is 21.3 Å². The first-order valence-corrected chi connectivity index (χ1v) is 11.5. The van der Waals surface area contributed by atoms with E-state index in [9.17, 15) is 21.6 Å². The molecular formula is C20H18F3N7O4S. The summed E-state index contributed by atoms with van der Waals surface area (Å²) in [5.74, 6) is -1.30. The van der Waals surface area contributed by atoms with E-state index in [1.807, 2.05) is 19.1 Å². The first-order chi connectivity index (χ1) is 16.3. The summed E-state index contributed by atoms with van der Waals surface area (Å²) < 4.78 is 55.2. The van der Waals surface area contributed by atoms with Crippen molar-refractivity contribution >= 4 is 50.1 Å². The molecule has 0 aliphatic carbocycles. The van der Waals surface area contributed by atoms with Crippen LogP contribution in [0.4, 0.5) is 36.4 Å². The molecule has 0 fully saturated rings. The van der Waals surface area contributed by atoms with Crippen molar-refractivity contribution in [3.05, 3.63) is 54.4 Å². The Hall–Kier alpha value is -4.27. The SMILES string of the molecule is Cc1ccc2c(Nc3ccnc(Nc4cccc(S(C)(=O)=O)c4)n3)n[nH]c2n1.O=C(O)C(F)(F)F. The van der Waals surface area contributed by atoms with Crippen LogP contribution in [-0.4, -0.2) is 57.1 Å². The van der Waals surface area contributed by atoms with E-state index >= 15 is 0 Å².